The second-order valence-corrected chi connectivity index (χ2v) is 8.57. The Kier molecular flexibility index (Phi) is 5.28. The molecular formula is C22H24BrN5O2+2. The Morgan fingerprint density at radius 3 is 2.90 bits per heavy atom. The number of hydrogen-bond donors (Lipinski definition) is 4. The number of oxime groups is 1. The standard InChI is InChI=1S/C22H22BrN5O2/c23-14-5-6-18-16(13-14)19(22(29)26-18)21-20(15-3-1-2-4-17(15)25-21)27-30-12-11-28-9-7-24-8-10-28/h1-6,13,24,26,29H,7-12H2/p+2. The number of nitrogens with one attached hydrogen (secondary N) is 2. The van der Waals surface area contributed by atoms with Crippen LogP contribution in [0.3, 0.4) is 0 Å². The maximum absolute atomic E-state index is 10.7. The molecule has 8 heteroatoms. The summed E-state index contributed by atoms with van der Waals surface area (Å²) in [6.07, 6.45) is 0. The fourth-order valence-corrected chi connectivity index (χ4v) is 4.52. The number of rotatable bonds is 5. The fraction of sp³-hybridized carbons (Fsp3) is 0.273. The van der Waals surface area contributed by atoms with Gasteiger partial charge >= 0.3 is 0 Å². The van der Waals surface area contributed by atoms with E-state index in [1.54, 1.807) is 4.90 Å². The average Bonchev–Trinajstić information content (AvgIpc) is 3.28. The van der Waals surface area contributed by atoms with Crippen molar-refractivity contribution in [2.75, 3.05) is 39.3 Å². The van der Waals surface area contributed by atoms with E-state index in [1.165, 1.54) is 13.1 Å². The van der Waals surface area contributed by atoms with Crippen molar-refractivity contribution in [3.05, 3.63) is 58.1 Å². The molecular weight excluding hydrogens is 446 g/mol. The first-order valence-electron chi connectivity index (χ1n) is 10.2. The molecule has 1 saturated heterocycles. The quantitative estimate of drug-likeness (QED) is 0.331. The molecule has 0 bridgehead atoms. The van der Waals surface area contributed by atoms with Crippen LogP contribution < -0.4 is 10.2 Å². The van der Waals surface area contributed by atoms with E-state index >= 15 is 0 Å². The lowest BCUT2D eigenvalue weighted by Crippen LogP contribution is -3.20. The van der Waals surface area contributed by atoms with Gasteiger partial charge in [-0.2, -0.15) is 0 Å². The minimum absolute atomic E-state index is 0.0800. The monoisotopic (exact) mass is 469 g/mol. The highest BCUT2D eigenvalue weighted by molar-refractivity contribution is 9.10. The molecule has 3 aromatic rings. The van der Waals surface area contributed by atoms with E-state index in [0.717, 1.165) is 46.3 Å². The van der Waals surface area contributed by atoms with E-state index < -0.39 is 0 Å². The number of aromatic nitrogens is 1. The van der Waals surface area contributed by atoms with Gasteiger partial charge in [-0.25, -0.2) is 4.99 Å². The second-order valence-electron chi connectivity index (χ2n) is 7.66. The van der Waals surface area contributed by atoms with Gasteiger partial charge in [-0.3, -0.25) is 0 Å². The van der Waals surface area contributed by atoms with Crippen molar-refractivity contribution in [1.82, 2.24) is 4.98 Å². The van der Waals surface area contributed by atoms with E-state index in [4.69, 9.17) is 9.83 Å². The summed E-state index contributed by atoms with van der Waals surface area (Å²) >= 11 is 3.52. The lowest BCUT2D eigenvalue weighted by molar-refractivity contribution is -0.947. The molecule has 0 atom stereocenters. The molecule has 5 rings (SSSR count). The number of quaternary nitrogens is 2. The van der Waals surface area contributed by atoms with Crippen molar-refractivity contribution in [1.29, 1.82) is 0 Å². The lowest BCUT2D eigenvalue weighted by atomic mass is 10.0. The highest BCUT2D eigenvalue weighted by Gasteiger charge is 2.29. The zero-order valence-corrected chi connectivity index (χ0v) is 18.1. The molecule has 7 nitrogen and oxygen atoms in total. The van der Waals surface area contributed by atoms with Crippen LogP contribution in [0.15, 0.2) is 57.1 Å². The lowest BCUT2D eigenvalue weighted by Gasteiger charge is -2.21. The molecule has 154 valence electrons. The fourth-order valence-electron chi connectivity index (χ4n) is 4.16. The molecule has 1 fully saturated rings. The zero-order chi connectivity index (χ0) is 20.5. The number of aromatic hydroxyl groups is 1. The Hall–Kier alpha value is -2.68. The van der Waals surface area contributed by atoms with Gasteiger partial charge in [-0.05, 0) is 24.3 Å². The number of halogens is 1. The highest BCUT2D eigenvalue weighted by atomic mass is 79.9. The Morgan fingerprint density at radius 1 is 1.20 bits per heavy atom. The third-order valence-electron chi connectivity index (χ3n) is 5.70. The molecule has 0 saturated carbocycles. The van der Waals surface area contributed by atoms with Crippen LogP contribution in [0, 0.1) is 0 Å². The van der Waals surface area contributed by atoms with Crippen molar-refractivity contribution in [3.8, 4) is 5.88 Å². The van der Waals surface area contributed by atoms with Gasteiger partial charge in [0, 0.05) is 20.9 Å². The van der Waals surface area contributed by atoms with Gasteiger partial charge in [0.15, 0.2) is 12.5 Å². The van der Waals surface area contributed by atoms with Crippen LogP contribution in [-0.2, 0) is 4.84 Å². The second kappa shape index (κ2) is 8.22. The summed E-state index contributed by atoms with van der Waals surface area (Å²) in [6.45, 7) is 6.15. The normalized spacial score (nSPS) is 18.0. The predicted octanol–water partition coefficient (Wildman–Crippen LogP) is 0.953. The van der Waals surface area contributed by atoms with Gasteiger partial charge in [0.1, 0.15) is 44.1 Å². The topological polar surface area (TPSA) is 91.0 Å². The zero-order valence-electron chi connectivity index (χ0n) is 16.5. The minimum atomic E-state index is 0.0800. The number of aromatic amines is 1. The molecule has 0 unspecified atom stereocenters. The van der Waals surface area contributed by atoms with Crippen LogP contribution in [0.25, 0.3) is 10.9 Å². The van der Waals surface area contributed by atoms with Crippen LogP contribution in [0.4, 0.5) is 5.69 Å². The molecule has 0 amide bonds. The summed E-state index contributed by atoms with van der Waals surface area (Å²) in [6, 6.07) is 13.7. The smallest absolute Gasteiger partial charge is 0.199 e. The number of H-pyrrole nitrogens is 1. The molecule has 2 aliphatic rings. The van der Waals surface area contributed by atoms with E-state index in [1.807, 2.05) is 42.5 Å². The molecule has 3 heterocycles. The van der Waals surface area contributed by atoms with Crippen LogP contribution in [-0.4, -0.2) is 60.8 Å². The number of benzene rings is 2. The van der Waals surface area contributed by atoms with Crippen molar-refractivity contribution in [2.24, 2.45) is 10.1 Å². The predicted molar refractivity (Wildman–Crippen MR) is 120 cm³/mol. The highest BCUT2D eigenvalue weighted by Crippen LogP contribution is 2.36. The first kappa shape index (κ1) is 19.3. The van der Waals surface area contributed by atoms with Gasteiger partial charge in [-0.1, -0.05) is 39.3 Å². The van der Waals surface area contributed by atoms with E-state index in [-0.39, 0.29) is 5.88 Å². The number of nitrogens with two attached hydrogens (primary N) is 1. The van der Waals surface area contributed by atoms with Crippen LogP contribution in [0.5, 0.6) is 5.88 Å². The van der Waals surface area contributed by atoms with Gasteiger partial charge < -0.3 is 25.1 Å². The van der Waals surface area contributed by atoms with Crippen LogP contribution in [0.2, 0.25) is 0 Å². The van der Waals surface area contributed by atoms with E-state index in [0.29, 0.717) is 23.6 Å². The van der Waals surface area contributed by atoms with Gasteiger partial charge in [-0.15, -0.1) is 0 Å². The first-order valence-corrected chi connectivity index (χ1v) is 11.0. The first-order chi connectivity index (χ1) is 14.7. The molecule has 0 spiro atoms. The maximum Gasteiger partial charge on any atom is 0.199 e. The van der Waals surface area contributed by atoms with Crippen LogP contribution >= 0.6 is 15.9 Å². The van der Waals surface area contributed by atoms with Gasteiger partial charge in [0.25, 0.3) is 0 Å². The molecule has 2 aliphatic heterocycles. The molecule has 0 aliphatic carbocycles. The Bertz CT molecular complexity index is 1150. The summed E-state index contributed by atoms with van der Waals surface area (Å²) in [5.41, 5.74) is 4.51. The molecule has 1 aromatic heterocycles. The Balaban J connectivity index is 1.46. The van der Waals surface area contributed by atoms with Crippen molar-refractivity contribution >= 4 is 43.9 Å². The summed E-state index contributed by atoms with van der Waals surface area (Å²) < 4.78 is 0.933. The van der Waals surface area contributed by atoms with E-state index in [9.17, 15) is 5.11 Å². The summed E-state index contributed by atoms with van der Waals surface area (Å²) in [5.74, 6) is 0.0800. The van der Waals surface area contributed by atoms with Crippen molar-refractivity contribution in [2.45, 2.75) is 0 Å². The SMILES string of the molecule is Oc1[nH]c2ccc(Br)cc2c1C1=Nc2ccccc2C1=NOCC[NH+]1CC[NH2+]CC1. The molecule has 0 radical (unpaired) electrons. The van der Waals surface area contributed by atoms with Gasteiger partial charge in [0.2, 0.25) is 0 Å². The van der Waals surface area contributed by atoms with E-state index in [2.05, 4.69) is 31.4 Å². The summed E-state index contributed by atoms with van der Waals surface area (Å²) in [5, 5.41) is 18.4. The Morgan fingerprint density at radius 2 is 2.03 bits per heavy atom. The largest absolute Gasteiger partial charge is 0.494 e. The third-order valence-corrected chi connectivity index (χ3v) is 6.19. The van der Waals surface area contributed by atoms with Crippen LogP contribution in [0.1, 0.15) is 11.1 Å². The summed E-state index contributed by atoms with van der Waals surface area (Å²) in [7, 11) is 0. The number of hydrogen-bond acceptors (Lipinski definition) is 4. The number of piperazine rings is 1. The number of nitrogens with zero attached hydrogens (tertiary/aromatic N) is 2. The third kappa shape index (κ3) is 3.62. The van der Waals surface area contributed by atoms with Gasteiger partial charge in [0.05, 0.1) is 11.3 Å². The molecule has 2 aromatic carbocycles. The maximum atomic E-state index is 10.7. The Labute approximate surface area is 182 Å². The number of fused-ring (bicyclic) bond motifs is 2. The number of para-hydroxylation sites is 1. The van der Waals surface area contributed by atoms with Crippen molar-refractivity contribution in [3.63, 3.8) is 0 Å². The number of aliphatic imine (C=N–C) groups is 1. The summed E-state index contributed by atoms with van der Waals surface area (Å²) in [4.78, 5) is 15.1. The molecule has 5 N–H and O–H groups in total. The average molecular weight is 470 g/mol. The molecule has 30 heavy (non-hydrogen) atoms. The van der Waals surface area contributed by atoms with Crippen molar-refractivity contribution < 1.29 is 20.2 Å². The minimum Gasteiger partial charge on any atom is -0.494 e.